The van der Waals surface area contributed by atoms with Crippen molar-refractivity contribution in [2.24, 2.45) is 0 Å². The minimum Gasteiger partial charge on any atom is -0.354 e. The van der Waals surface area contributed by atoms with E-state index in [1.807, 2.05) is 0 Å². The van der Waals surface area contributed by atoms with E-state index in [0.29, 0.717) is 5.56 Å². The van der Waals surface area contributed by atoms with Crippen LogP contribution in [-0.2, 0) is 14.8 Å². The number of hydrogen-bond donors (Lipinski definition) is 2. The molecule has 1 aromatic carbocycles. The van der Waals surface area contributed by atoms with Crippen LogP contribution in [0.25, 0.3) is 0 Å². The lowest BCUT2D eigenvalue weighted by atomic mass is 10.2. The molecule has 5 nitrogen and oxygen atoms in total. The number of nitrogens with one attached hydrogen (secondary N) is 2. The van der Waals surface area contributed by atoms with Gasteiger partial charge in [-0.15, -0.1) is 11.6 Å². The van der Waals surface area contributed by atoms with Crippen molar-refractivity contribution < 1.29 is 17.6 Å². The average Bonchev–Trinajstić information content (AvgIpc) is 2.37. The van der Waals surface area contributed by atoms with Gasteiger partial charge >= 0.3 is 0 Å². The molecule has 8 heteroatoms. The van der Waals surface area contributed by atoms with Crippen molar-refractivity contribution in [2.75, 3.05) is 19.0 Å². The summed E-state index contributed by atoms with van der Waals surface area (Å²) in [6.07, 6.45) is 0. The summed E-state index contributed by atoms with van der Waals surface area (Å²) >= 11 is 5.25. The van der Waals surface area contributed by atoms with Crippen molar-refractivity contribution in [1.29, 1.82) is 0 Å². The number of hydrogen-bond acceptors (Lipinski definition) is 3. The molecule has 0 aliphatic carbocycles. The Balaban J connectivity index is 2.66. The van der Waals surface area contributed by atoms with Crippen LogP contribution in [0.15, 0.2) is 23.1 Å². The number of alkyl halides is 1. The van der Waals surface area contributed by atoms with Gasteiger partial charge in [-0.1, -0.05) is 6.07 Å². The first-order chi connectivity index (χ1) is 8.86. The monoisotopic (exact) mass is 308 g/mol. The second-order valence-corrected chi connectivity index (χ2v) is 5.82. The molecule has 0 fully saturated rings. The SMILES string of the molecule is Cc1ccc(F)c(S(=O)(=O)NCCNC(=O)CCl)c1. The standard InChI is InChI=1S/C11H14ClFN2O3S/c1-8-2-3-9(13)10(6-8)19(17,18)15-5-4-14-11(16)7-12/h2-3,6,15H,4-5,7H2,1H3,(H,14,16). The van der Waals surface area contributed by atoms with Crippen molar-refractivity contribution >= 4 is 27.5 Å². The second-order valence-electron chi connectivity index (χ2n) is 3.82. The van der Waals surface area contributed by atoms with E-state index in [0.717, 1.165) is 6.07 Å². The summed E-state index contributed by atoms with van der Waals surface area (Å²) in [5.41, 5.74) is 0.636. The molecule has 0 saturated heterocycles. The van der Waals surface area contributed by atoms with Gasteiger partial charge < -0.3 is 5.32 Å². The second kappa shape index (κ2) is 6.83. The lowest BCUT2D eigenvalue weighted by Gasteiger charge is -2.08. The molecule has 0 radical (unpaired) electrons. The number of carbonyl (C=O) groups excluding carboxylic acids is 1. The van der Waals surface area contributed by atoms with E-state index in [4.69, 9.17) is 11.6 Å². The first kappa shape index (κ1) is 15.9. The fraction of sp³-hybridized carbons (Fsp3) is 0.364. The summed E-state index contributed by atoms with van der Waals surface area (Å²) in [6.45, 7) is 1.70. The van der Waals surface area contributed by atoms with Crippen LogP contribution in [-0.4, -0.2) is 33.3 Å². The molecule has 0 aliphatic heterocycles. The van der Waals surface area contributed by atoms with E-state index >= 15 is 0 Å². The van der Waals surface area contributed by atoms with Crippen LogP contribution in [0.4, 0.5) is 4.39 Å². The molecule has 0 spiro atoms. The van der Waals surface area contributed by atoms with Crippen molar-refractivity contribution in [2.45, 2.75) is 11.8 Å². The van der Waals surface area contributed by atoms with Gasteiger partial charge in [0.15, 0.2) is 0 Å². The summed E-state index contributed by atoms with van der Waals surface area (Å²) in [5.74, 6) is -1.41. The molecule has 2 N–H and O–H groups in total. The van der Waals surface area contributed by atoms with Crippen molar-refractivity contribution in [3.8, 4) is 0 Å². The fourth-order valence-corrected chi connectivity index (χ4v) is 2.62. The van der Waals surface area contributed by atoms with Gasteiger partial charge in [0.1, 0.15) is 16.6 Å². The molecule has 0 heterocycles. The Bertz CT molecular complexity index is 563. The number of carbonyl (C=O) groups is 1. The molecule has 0 atom stereocenters. The van der Waals surface area contributed by atoms with Gasteiger partial charge in [0, 0.05) is 13.1 Å². The number of rotatable bonds is 6. The highest BCUT2D eigenvalue weighted by atomic mass is 35.5. The third-order valence-electron chi connectivity index (χ3n) is 2.24. The molecule has 0 unspecified atom stereocenters. The third-order valence-corrected chi connectivity index (χ3v) is 3.96. The number of halogens is 2. The van der Waals surface area contributed by atoms with E-state index in [-0.39, 0.29) is 19.0 Å². The van der Waals surface area contributed by atoms with Crippen LogP contribution >= 0.6 is 11.6 Å². The molecule has 106 valence electrons. The van der Waals surface area contributed by atoms with Gasteiger partial charge in [0.05, 0.1) is 0 Å². The molecular weight excluding hydrogens is 295 g/mol. The predicted octanol–water partition coefficient (Wildman–Crippen LogP) is 0.767. The Morgan fingerprint density at radius 2 is 2.05 bits per heavy atom. The minimum atomic E-state index is -3.93. The predicted molar refractivity (Wildman–Crippen MR) is 70.1 cm³/mol. The van der Waals surface area contributed by atoms with Crippen LogP contribution in [0, 0.1) is 12.7 Å². The molecular formula is C11H14ClFN2O3S. The van der Waals surface area contributed by atoms with Crippen LogP contribution < -0.4 is 10.0 Å². The Kier molecular flexibility index (Phi) is 5.71. The topological polar surface area (TPSA) is 75.3 Å². The Morgan fingerprint density at radius 1 is 1.37 bits per heavy atom. The summed E-state index contributed by atoms with van der Waals surface area (Å²) in [7, 11) is -3.93. The maximum atomic E-state index is 13.5. The van der Waals surface area contributed by atoms with Gasteiger partial charge in [-0.3, -0.25) is 4.79 Å². The van der Waals surface area contributed by atoms with Gasteiger partial charge in [0.2, 0.25) is 15.9 Å². The van der Waals surface area contributed by atoms with Gasteiger partial charge in [-0.25, -0.2) is 17.5 Å². The lowest BCUT2D eigenvalue weighted by Crippen LogP contribution is -2.35. The number of benzene rings is 1. The van der Waals surface area contributed by atoms with E-state index < -0.39 is 26.6 Å². The van der Waals surface area contributed by atoms with Crippen LogP contribution in [0.2, 0.25) is 0 Å². The van der Waals surface area contributed by atoms with E-state index in [1.165, 1.54) is 12.1 Å². The van der Waals surface area contributed by atoms with Crippen molar-refractivity contribution in [3.05, 3.63) is 29.6 Å². The summed E-state index contributed by atoms with van der Waals surface area (Å²) in [4.78, 5) is 10.4. The fourth-order valence-electron chi connectivity index (χ4n) is 1.33. The van der Waals surface area contributed by atoms with E-state index in [2.05, 4.69) is 10.0 Å². The highest BCUT2D eigenvalue weighted by molar-refractivity contribution is 7.89. The average molecular weight is 309 g/mol. The molecule has 1 rings (SSSR count). The molecule has 0 bridgehead atoms. The Hall–Kier alpha value is -1.18. The summed E-state index contributed by atoms with van der Waals surface area (Å²) in [6, 6.07) is 3.82. The summed E-state index contributed by atoms with van der Waals surface area (Å²) < 4.78 is 39.3. The molecule has 0 aromatic heterocycles. The quantitative estimate of drug-likeness (QED) is 0.602. The third kappa shape index (κ3) is 4.77. The number of sulfonamides is 1. The maximum absolute atomic E-state index is 13.5. The Labute approximate surface area is 116 Å². The largest absolute Gasteiger partial charge is 0.354 e. The molecule has 0 aliphatic rings. The molecule has 1 aromatic rings. The minimum absolute atomic E-state index is 0.0433. The van der Waals surface area contributed by atoms with Gasteiger partial charge in [-0.2, -0.15) is 0 Å². The van der Waals surface area contributed by atoms with Gasteiger partial charge in [0.25, 0.3) is 0 Å². The van der Waals surface area contributed by atoms with Crippen LogP contribution in [0.5, 0.6) is 0 Å². The zero-order valence-electron chi connectivity index (χ0n) is 10.2. The Morgan fingerprint density at radius 3 is 2.68 bits per heavy atom. The van der Waals surface area contributed by atoms with E-state index in [9.17, 15) is 17.6 Å². The van der Waals surface area contributed by atoms with Crippen LogP contribution in [0.3, 0.4) is 0 Å². The molecule has 19 heavy (non-hydrogen) atoms. The number of aryl methyl sites for hydroxylation is 1. The lowest BCUT2D eigenvalue weighted by molar-refractivity contribution is -0.118. The zero-order chi connectivity index (χ0) is 14.5. The first-order valence-corrected chi connectivity index (χ1v) is 7.47. The highest BCUT2D eigenvalue weighted by Crippen LogP contribution is 2.15. The maximum Gasteiger partial charge on any atom is 0.243 e. The van der Waals surface area contributed by atoms with Crippen molar-refractivity contribution in [1.82, 2.24) is 10.0 Å². The number of amides is 1. The molecule has 0 saturated carbocycles. The van der Waals surface area contributed by atoms with E-state index in [1.54, 1.807) is 6.92 Å². The zero-order valence-corrected chi connectivity index (χ0v) is 11.8. The first-order valence-electron chi connectivity index (χ1n) is 5.45. The highest BCUT2D eigenvalue weighted by Gasteiger charge is 2.18. The van der Waals surface area contributed by atoms with Crippen LogP contribution in [0.1, 0.15) is 5.56 Å². The summed E-state index contributed by atoms with van der Waals surface area (Å²) in [5, 5.41) is 2.39. The van der Waals surface area contributed by atoms with Crippen molar-refractivity contribution in [3.63, 3.8) is 0 Å². The van der Waals surface area contributed by atoms with Gasteiger partial charge in [-0.05, 0) is 24.6 Å². The smallest absolute Gasteiger partial charge is 0.243 e. The molecule has 1 amide bonds. The normalized spacial score (nSPS) is 11.3.